The molecular formula is C13H18N2O3. The van der Waals surface area contributed by atoms with Crippen molar-refractivity contribution in [2.75, 3.05) is 26.2 Å². The maximum atomic E-state index is 11.3. The molecule has 2 rings (SSSR count). The fourth-order valence-electron chi connectivity index (χ4n) is 1.84. The standard InChI is InChI=1S/C13H18N2O3/c1-10(16)11-2-4-12(5-3-11)18-9-8-15-7-6-14-13(15)17/h2-5,10,16H,6-9H2,1H3,(H,14,17)/t10-/m0/s1. The normalized spacial score (nSPS) is 16.6. The zero-order chi connectivity index (χ0) is 13.0. The minimum Gasteiger partial charge on any atom is -0.492 e. The number of ether oxygens (including phenoxy) is 1. The molecule has 1 aliphatic heterocycles. The summed E-state index contributed by atoms with van der Waals surface area (Å²) in [5.41, 5.74) is 0.862. The van der Waals surface area contributed by atoms with E-state index < -0.39 is 6.10 Å². The summed E-state index contributed by atoms with van der Waals surface area (Å²) in [6, 6.07) is 7.30. The third-order valence-corrected chi connectivity index (χ3v) is 2.94. The number of nitrogens with zero attached hydrogens (tertiary/aromatic N) is 1. The van der Waals surface area contributed by atoms with Gasteiger partial charge in [-0.05, 0) is 24.6 Å². The molecule has 1 saturated heterocycles. The van der Waals surface area contributed by atoms with E-state index in [1.165, 1.54) is 0 Å². The lowest BCUT2D eigenvalue weighted by atomic mass is 10.1. The minimum absolute atomic E-state index is 0.0250. The van der Waals surface area contributed by atoms with Crippen LogP contribution in [0.2, 0.25) is 0 Å². The van der Waals surface area contributed by atoms with E-state index in [9.17, 15) is 9.90 Å². The van der Waals surface area contributed by atoms with Gasteiger partial charge in [-0.1, -0.05) is 12.1 Å². The maximum Gasteiger partial charge on any atom is 0.317 e. The molecule has 0 spiro atoms. The van der Waals surface area contributed by atoms with Crippen LogP contribution in [0.25, 0.3) is 0 Å². The Bertz CT molecular complexity index is 403. The summed E-state index contributed by atoms with van der Waals surface area (Å²) in [5.74, 6) is 0.749. The highest BCUT2D eigenvalue weighted by Crippen LogP contribution is 2.17. The van der Waals surface area contributed by atoms with E-state index >= 15 is 0 Å². The molecule has 5 nitrogen and oxygen atoms in total. The zero-order valence-electron chi connectivity index (χ0n) is 10.4. The number of aliphatic hydroxyl groups is 1. The molecule has 2 amide bonds. The molecule has 0 unspecified atom stereocenters. The van der Waals surface area contributed by atoms with Crippen molar-refractivity contribution >= 4 is 6.03 Å². The molecule has 0 radical (unpaired) electrons. The second kappa shape index (κ2) is 5.73. The third-order valence-electron chi connectivity index (χ3n) is 2.94. The van der Waals surface area contributed by atoms with Gasteiger partial charge in [0.05, 0.1) is 12.6 Å². The molecule has 1 aromatic rings. The lowest BCUT2D eigenvalue weighted by molar-refractivity contribution is 0.198. The lowest BCUT2D eigenvalue weighted by Gasteiger charge is -2.14. The van der Waals surface area contributed by atoms with E-state index in [1.807, 2.05) is 24.3 Å². The van der Waals surface area contributed by atoms with Gasteiger partial charge in [0.15, 0.2) is 0 Å². The number of aliphatic hydroxyl groups excluding tert-OH is 1. The van der Waals surface area contributed by atoms with Crippen molar-refractivity contribution in [1.29, 1.82) is 0 Å². The Balaban J connectivity index is 1.78. The maximum absolute atomic E-state index is 11.3. The number of carbonyl (C=O) groups excluding carboxylic acids is 1. The van der Waals surface area contributed by atoms with Gasteiger partial charge in [-0.3, -0.25) is 0 Å². The SMILES string of the molecule is C[C@H](O)c1ccc(OCCN2CCNC2=O)cc1. The fraction of sp³-hybridized carbons (Fsp3) is 0.462. The predicted molar refractivity (Wildman–Crippen MR) is 67.5 cm³/mol. The van der Waals surface area contributed by atoms with E-state index in [4.69, 9.17) is 4.74 Å². The average Bonchev–Trinajstić information content (AvgIpc) is 2.76. The van der Waals surface area contributed by atoms with Crippen LogP contribution in [-0.4, -0.2) is 42.3 Å². The van der Waals surface area contributed by atoms with Crippen LogP contribution in [0.4, 0.5) is 4.79 Å². The average molecular weight is 250 g/mol. The quantitative estimate of drug-likeness (QED) is 0.824. The number of rotatable bonds is 5. The molecule has 18 heavy (non-hydrogen) atoms. The van der Waals surface area contributed by atoms with E-state index in [0.717, 1.165) is 17.9 Å². The van der Waals surface area contributed by atoms with Crippen LogP contribution in [0.15, 0.2) is 24.3 Å². The zero-order valence-corrected chi connectivity index (χ0v) is 10.4. The summed E-state index contributed by atoms with van der Waals surface area (Å²) >= 11 is 0. The Morgan fingerprint density at radius 1 is 1.44 bits per heavy atom. The highest BCUT2D eigenvalue weighted by atomic mass is 16.5. The molecule has 0 aromatic heterocycles. The monoisotopic (exact) mass is 250 g/mol. The first-order valence-corrected chi connectivity index (χ1v) is 6.10. The molecule has 2 N–H and O–H groups in total. The summed E-state index contributed by atoms with van der Waals surface area (Å²) < 4.78 is 5.55. The number of benzene rings is 1. The van der Waals surface area contributed by atoms with Crippen LogP contribution in [0.1, 0.15) is 18.6 Å². The van der Waals surface area contributed by atoms with E-state index in [2.05, 4.69) is 5.32 Å². The number of amides is 2. The predicted octanol–water partition coefficient (Wildman–Crippen LogP) is 1.14. The Labute approximate surface area is 106 Å². The molecule has 0 aliphatic carbocycles. The number of carbonyl (C=O) groups is 1. The van der Waals surface area contributed by atoms with E-state index in [-0.39, 0.29) is 6.03 Å². The molecule has 1 atom stereocenters. The summed E-state index contributed by atoms with van der Waals surface area (Å²) in [6.45, 7) is 4.23. The Kier molecular flexibility index (Phi) is 4.04. The van der Waals surface area contributed by atoms with Gasteiger partial charge in [-0.2, -0.15) is 0 Å². The first-order valence-electron chi connectivity index (χ1n) is 6.10. The number of urea groups is 1. The summed E-state index contributed by atoms with van der Waals surface area (Å²) in [6.07, 6.45) is -0.465. The first-order chi connectivity index (χ1) is 8.66. The first kappa shape index (κ1) is 12.7. The van der Waals surface area contributed by atoms with Crippen LogP contribution >= 0.6 is 0 Å². The van der Waals surface area contributed by atoms with Gasteiger partial charge in [0.2, 0.25) is 0 Å². The molecule has 1 aliphatic rings. The van der Waals surface area contributed by atoms with Crippen molar-refractivity contribution in [2.24, 2.45) is 0 Å². The van der Waals surface area contributed by atoms with E-state index in [0.29, 0.717) is 19.7 Å². The third kappa shape index (κ3) is 3.13. The van der Waals surface area contributed by atoms with Gasteiger partial charge in [-0.15, -0.1) is 0 Å². The molecule has 0 bridgehead atoms. The summed E-state index contributed by atoms with van der Waals surface area (Å²) in [5, 5.41) is 12.1. The topological polar surface area (TPSA) is 61.8 Å². The van der Waals surface area contributed by atoms with Gasteiger partial charge in [0, 0.05) is 13.1 Å². The van der Waals surface area contributed by atoms with Crippen LogP contribution in [0.3, 0.4) is 0 Å². The van der Waals surface area contributed by atoms with Crippen molar-refractivity contribution in [3.05, 3.63) is 29.8 Å². The summed E-state index contributed by atoms with van der Waals surface area (Å²) in [4.78, 5) is 13.0. The Hall–Kier alpha value is -1.75. The fourth-order valence-corrected chi connectivity index (χ4v) is 1.84. The lowest BCUT2D eigenvalue weighted by Crippen LogP contribution is -2.31. The number of hydrogen-bond acceptors (Lipinski definition) is 3. The van der Waals surface area contributed by atoms with Crippen molar-refractivity contribution in [1.82, 2.24) is 10.2 Å². The van der Waals surface area contributed by atoms with Crippen molar-refractivity contribution < 1.29 is 14.6 Å². The number of nitrogens with one attached hydrogen (secondary N) is 1. The van der Waals surface area contributed by atoms with Gasteiger partial charge in [-0.25, -0.2) is 4.79 Å². The van der Waals surface area contributed by atoms with Gasteiger partial charge in [0.25, 0.3) is 0 Å². The highest BCUT2D eigenvalue weighted by molar-refractivity contribution is 5.76. The van der Waals surface area contributed by atoms with Gasteiger partial charge >= 0.3 is 6.03 Å². The molecule has 1 heterocycles. The van der Waals surface area contributed by atoms with Crippen LogP contribution < -0.4 is 10.1 Å². The van der Waals surface area contributed by atoms with Crippen molar-refractivity contribution in [3.63, 3.8) is 0 Å². The van der Waals surface area contributed by atoms with Crippen molar-refractivity contribution in [2.45, 2.75) is 13.0 Å². The minimum atomic E-state index is -0.465. The van der Waals surface area contributed by atoms with E-state index in [1.54, 1.807) is 11.8 Å². The second-order valence-corrected chi connectivity index (χ2v) is 4.31. The summed E-state index contributed by atoms with van der Waals surface area (Å²) in [7, 11) is 0. The van der Waals surface area contributed by atoms with Crippen LogP contribution in [0.5, 0.6) is 5.75 Å². The molecule has 98 valence electrons. The second-order valence-electron chi connectivity index (χ2n) is 4.31. The Morgan fingerprint density at radius 2 is 2.17 bits per heavy atom. The number of hydrogen-bond donors (Lipinski definition) is 2. The van der Waals surface area contributed by atoms with Crippen LogP contribution in [-0.2, 0) is 0 Å². The largest absolute Gasteiger partial charge is 0.492 e. The Morgan fingerprint density at radius 3 is 2.72 bits per heavy atom. The molecule has 1 fully saturated rings. The smallest absolute Gasteiger partial charge is 0.317 e. The molecule has 0 saturated carbocycles. The molecule has 5 heteroatoms. The van der Waals surface area contributed by atoms with Gasteiger partial charge in [0.1, 0.15) is 12.4 Å². The van der Waals surface area contributed by atoms with Crippen molar-refractivity contribution in [3.8, 4) is 5.75 Å². The molecule has 1 aromatic carbocycles. The van der Waals surface area contributed by atoms with Gasteiger partial charge < -0.3 is 20.1 Å². The highest BCUT2D eigenvalue weighted by Gasteiger charge is 2.18. The van der Waals surface area contributed by atoms with Crippen LogP contribution in [0, 0.1) is 0 Å². The molecular weight excluding hydrogens is 232 g/mol.